The van der Waals surface area contributed by atoms with Crippen LogP contribution in [-0.4, -0.2) is 23.8 Å². The lowest BCUT2D eigenvalue weighted by Crippen LogP contribution is -2.53. The van der Waals surface area contributed by atoms with Crippen molar-refractivity contribution in [3.8, 4) is 0 Å². The fourth-order valence-electron chi connectivity index (χ4n) is 3.79. The zero-order chi connectivity index (χ0) is 14.2. The topological polar surface area (TPSA) is 49.5 Å². The van der Waals surface area contributed by atoms with Gasteiger partial charge in [0.05, 0.1) is 5.60 Å². The molecule has 1 aromatic carbocycles. The molecule has 2 aliphatic rings. The molecule has 1 aromatic rings. The van der Waals surface area contributed by atoms with Gasteiger partial charge in [0.2, 0.25) is 0 Å². The summed E-state index contributed by atoms with van der Waals surface area (Å²) < 4.78 is 0. The van der Waals surface area contributed by atoms with Gasteiger partial charge in [-0.05, 0) is 37.0 Å². The van der Waals surface area contributed by atoms with E-state index in [-0.39, 0.29) is 0 Å². The monoisotopic (exact) mass is 294 g/mol. The maximum absolute atomic E-state index is 10.8. The number of piperidine rings is 1. The highest BCUT2D eigenvalue weighted by molar-refractivity contribution is 6.30. The first-order chi connectivity index (χ1) is 9.62. The third-order valence-electron chi connectivity index (χ3n) is 5.04. The van der Waals surface area contributed by atoms with Gasteiger partial charge in [-0.25, -0.2) is 0 Å². The number of hydrogen-bond acceptors (Lipinski definition) is 3. The number of fused-ring (bicyclic) bond motifs is 1. The van der Waals surface area contributed by atoms with Crippen LogP contribution >= 0.6 is 11.6 Å². The molecule has 1 saturated carbocycles. The van der Waals surface area contributed by atoms with Gasteiger partial charge in [-0.15, -0.1) is 0 Å². The van der Waals surface area contributed by atoms with Crippen molar-refractivity contribution >= 4 is 17.3 Å². The lowest BCUT2D eigenvalue weighted by atomic mass is 9.71. The number of benzene rings is 1. The summed E-state index contributed by atoms with van der Waals surface area (Å²) in [6, 6.07) is 5.92. The molecule has 3 N–H and O–H groups in total. The molecule has 1 aliphatic carbocycles. The number of rotatable bonds is 2. The Bertz CT molecular complexity index is 493. The maximum Gasteiger partial charge on any atom is 0.0709 e. The summed E-state index contributed by atoms with van der Waals surface area (Å²) in [5.41, 5.74) is 7.69. The van der Waals surface area contributed by atoms with E-state index in [2.05, 4.69) is 4.90 Å². The van der Waals surface area contributed by atoms with Gasteiger partial charge in [-0.2, -0.15) is 0 Å². The predicted octanol–water partition coefficient (Wildman–Crippen LogP) is 2.93. The van der Waals surface area contributed by atoms with E-state index in [9.17, 15) is 5.11 Å². The fraction of sp³-hybridized carbons (Fsp3) is 0.625. The molecule has 2 atom stereocenters. The van der Waals surface area contributed by atoms with E-state index in [1.54, 1.807) is 0 Å². The Morgan fingerprint density at radius 1 is 1.35 bits per heavy atom. The molecule has 2 fully saturated rings. The summed E-state index contributed by atoms with van der Waals surface area (Å²) in [6.45, 7) is 2.34. The number of halogens is 1. The van der Waals surface area contributed by atoms with Crippen molar-refractivity contribution in [1.29, 1.82) is 0 Å². The van der Waals surface area contributed by atoms with Crippen LogP contribution in [0.4, 0.5) is 5.69 Å². The molecule has 2 unspecified atom stereocenters. The molecule has 0 aromatic heterocycles. The summed E-state index contributed by atoms with van der Waals surface area (Å²) in [4.78, 5) is 2.36. The third kappa shape index (κ3) is 2.54. The normalized spacial score (nSPS) is 30.1. The molecule has 110 valence electrons. The van der Waals surface area contributed by atoms with Gasteiger partial charge in [0.1, 0.15) is 0 Å². The molecule has 1 saturated heterocycles. The van der Waals surface area contributed by atoms with Crippen LogP contribution in [0.5, 0.6) is 0 Å². The van der Waals surface area contributed by atoms with E-state index in [1.807, 2.05) is 18.2 Å². The molecular formula is C16H23ClN2O. The molecular weight excluding hydrogens is 272 g/mol. The predicted molar refractivity (Wildman–Crippen MR) is 83.1 cm³/mol. The first-order valence-corrected chi connectivity index (χ1v) is 7.96. The van der Waals surface area contributed by atoms with Crippen LogP contribution in [0.15, 0.2) is 18.2 Å². The van der Waals surface area contributed by atoms with Crippen LogP contribution in [0, 0.1) is 5.92 Å². The SMILES string of the molecule is NCc1ccc(Cl)cc1N1CCC2(O)CCCCC2C1. The van der Waals surface area contributed by atoms with E-state index >= 15 is 0 Å². The Balaban J connectivity index is 1.84. The van der Waals surface area contributed by atoms with Gasteiger partial charge in [0, 0.05) is 36.3 Å². The zero-order valence-corrected chi connectivity index (χ0v) is 12.6. The summed E-state index contributed by atoms with van der Waals surface area (Å²) >= 11 is 6.14. The minimum Gasteiger partial charge on any atom is -0.389 e. The van der Waals surface area contributed by atoms with Crippen LogP contribution < -0.4 is 10.6 Å². The third-order valence-corrected chi connectivity index (χ3v) is 5.27. The second kappa shape index (κ2) is 5.55. The number of aliphatic hydroxyl groups is 1. The Labute approximate surface area is 125 Å². The molecule has 1 aliphatic heterocycles. The molecule has 20 heavy (non-hydrogen) atoms. The molecule has 0 amide bonds. The maximum atomic E-state index is 10.8. The average molecular weight is 295 g/mol. The highest BCUT2D eigenvalue weighted by Crippen LogP contribution is 2.41. The van der Waals surface area contributed by atoms with Crippen molar-refractivity contribution in [3.05, 3.63) is 28.8 Å². The van der Waals surface area contributed by atoms with Crippen LogP contribution in [0.1, 0.15) is 37.7 Å². The van der Waals surface area contributed by atoms with Gasteiger partial charge < -0.3 is 15.7 Å². The molecule has 3 nitrogen and oxygen atoms in total. The van der Waals surface area contributed by atoms with Crippen LogP contribution in [0.2, 0.25) is 5.02 Å². The first kappa shape index (κ1) is 14.2. The van der Waals surface area contributed by atoms with Crippen molar-refractivity contribution in [2.75, 3.05) is 18.0 Å². The van der Waals surface area contributed by atoms with Crippen molar-refractivity contribution < 1.29 is 5.11 Å². The number of nitrogens with two attached hydrogens (primary N) is 1. The number of hydrogen-bond donors (Lipinski definition) is 2. The minimum atomic E-state index is -0.434. The number of nitrogens with zero attached hydrogens (tertiary/aromatic N) is 1. The van der Waals surface area contributed by atoms with Crippen LogP contribution in [0.25, 0.3) is 0 Å². The highest BCUT2D eigenvalue weighted by atomic mass is 35.5. The van der Waals surface area contributed by atoms with E-state index in [0.29, 0.717) is 12.5 Å². The molecule has 0 spiro atoms. The van der Waals surface area contributed by atoms with Gasteiger partial charge >= 0.3 is 0 Å². The van der Waals surface area contributed by atoms with Gasteiger partial charge in [-0.3, -0.25) is 0 Å². The van der Waals surface area contributed by atoms with E-state index in [0.717, 1.165) is 55.0 Å². The second-order valence-corrected chi connectivity index (χ2v) is 6.66. The lowest BCUT2D eigenvalue weighted by Gasteiger charge is -2.48. The largest absolute Gasteiger partial charge is 0.389 e. The standard InChI is InChI=1S/C16H23ClN2O/c17-14-5-4-12(10-18)15(9-14)19-8-7-16(20)6-2-1-3-13(16)11-19/h4-5,9,13,20H,1-3,6-8,10-11,18H2. The quantitative estimate of drug-likeness (QED) is 0.882. The Morgan fingerprint density at radius 2 is 2.20 bits per heavy atom. The summed E-state index contributed by atoms with van der Waals surface area (Å²) in [6.07, 6.45) is 5.35. The smallest absolute Gasteiger partial charge is 0.0709 e. The van der Waals surface area contributed by atoms with Gasteiger partial charge in [0.15, 0.2) is 0 Å². The van der Waals surface area contributed by atoms with Crippen LogP contribution in [-0.2, 0) is 6.54 Å². The average Bonchev–Trinajstić information content (AvgIpc) is 2.46. The van der Waals surface area contributed by atoms with E-state index in [4.69, 9.17) is 17.3 Å². The molecule has 1 heterocycles. The van der Waals surface area contributed by atoms with Gasteiger partial charge in [-0.1, -0.05) is 30.5 Å². The fourth-order valence-corrected chi connectivity index (χ4v) is 3.96. The Morgan fingerprint density at radius 3 is 3.00 bits per heavy atom. The minimum absolute atomic E-state index is 0.384. The van der Waals surface area contributed by atoms with E-state index < -0.39 is 5.60 Å². The molecule has 0 radical (unpaired) electrons. The summed E-state index contributed by atoms with van der Waals surface area (Å²) in [7, 11) is 0. The summed E-state index contributed by atoms with van der Waals surface area (Å²) in [5, 5.41) is 11.5. The van der Waals surface area contributed by atoms with E-state index in [1.165, 1.54) is 6.42 Å². The van der Waals surface area contributed by atoms with Crippen LogP contribution in [0.3, 0.4) is 0 Å². The van der Waals surface area contributed by atoms with Crippen molar-refractivity contribution in [2.45, 2.75) is 44.2 Å². The van der Waals surface area contributed by atoms with Crippen molar-refractivity contribution in [1.82, 2.24) is 0 Å². The Hall–Kier alpha value is -0.770. The highest BCUT2D eigenvalue weighted by Gasteiger charge is 2.42. The summed E-state index contributed by atoms with van der Waals surface area (Å²) in [5.74, 6) is 0.384. The van der Waals surface area contributed by atoms with Gasteiger partial charge in [0.25, 0.3) is 0 Å². The lowest BCUT2D eigenvalue weighted by molar-refractivity contribution is -0.0612. The zero-order valence-electron chi connectivity index (χ0n) is 11.8. The second-order valence-electron chi connectivity index (χ2n) is 6.22. The first-order valence-electron chi connectivity index (χ1n) is 7.58. The Kier molecular flexibility index (Phi) is 3.93. The number of anilines is 1. The van der Waals surface area contributed by atoms with Crippen molar-refractivity contribution in [2.24, 2.45) is 11.7 Å². The molecule has 0 bridgehead atoms. The van der Waals surface area contributed by atoms with Crippen molar-refractivity contribution in [3.63, 3.8) is 0 Å². The molecule has 4 heteroatoms. The molecule has 3 rings (SSSR count).